The fourth-order valence-corrected chi connectivity index (χ4v) is 2.21. The number of nitrogens with one attached hydrogen (secondary N) is 1. The van der Waals surface area contributed by atoms with Gasteiger partial charge in [-0.2, -0.15) is 0 Å². The van der Waals surface area contributed by atoms with Gasteiger partial charge in [0.25, 0.3) is 0 Å². The van der Waals surface area contributed by atoms with E-state index in [2.05, 4.69) is 32.9 Å². The molecule has 0 aliphatic heterocycles. The summed E-state index contributed by atoms with van der Waals surface area (Å²) in [5.74, 6) is 1.31. The van der Waals surface area contributed by atoms with Crippen LogP contribution in [0.3, 0.4) is 0 Å². The molecule has 110 valence electrons. The lowest BCUT2D eigenvalue weighted by Crippen LogP contribution is -2.11. The van der Waals surface area contributed by atoms with Crippen molar-refractivity contribution in [3.63, 3.8) is 0 Å². The molecular formula is C17H19ClN2O. The third kappa shape index (κ3) is 3.76. The third-order valence-corrected chi connectivity index (χ3v) is 3.50. The van der Waals surface area contributed by atoms with Gasteiger partial charge in [0.2, 0.25) is 0 Å². The molecule has 0 amide bonds. The van der Waals surface area contributed by atoms with Crippen molar-refractivity contribution in [2.75, 3.05) is 0 Å². The van der Waals surface area contributed by atoms with Gasteiger partial charge in [0.15, 0.2) is 0 Å². The molecule has 0 aromatic heterocycles. The lowest BCUT2D eigenvalue weighted by atomic mass is 9.87. The zero-order chi connectivity index (χ0) is 15.6. The Balaban J connectivity index is 2.19. The zero-order valence-electron chi connectivity index (χ0n) is 12.4. The van der Waals surface area contributed by atoms with Crippen molar-refractivity contribution in [1.82, 2.24) is 0 Å². The fraction of sp³-hybridized carbons (Fsp3) is 0.235. The summed E-state index contributed by atoms with van der Waals surface area (Å²) in [5, 5.41) is 7.81. The summed E-state index contributed by atoms with van der Waals surface area (Å²) >= 11 is 6.07. The molecule has 0 spiro atoms. The molecule has 0 fully saturated rings. The molecule has 0 saturated heterocycles. The van der Waals surface area contributed by atoms with Gasteiger partial charge in [-0.25, -0.2) is 0 Å². The zero-order valence-corrected chi connectivity index (χ0v) is 13.2. The van der Waals surface area contributed by atoms with Gasteiger partial charge in [0.1, 0.15) is 17.3 Å². The van der Waals surface area contributed by atoms with Crippen molar-refractivity contribution < 1.29 is 4.74 Å². The number of benzene rings is 2. The van der Waals surface area contributed by atoms with E-state index in [0.29, 0.717) is 16.3 Å². The van der Waals surface area contributed by atoms with Gasteiger partial charge >= 0.3 is 0 Å². The minimum absolute atomic E-state index is 0.0546. The van der Waals surface area contributed by atoms with Crippen molar-refractivity contribution in [2.24, 2.45) is 5.73 Å². The lowest BCUT2D eigenvalue weighted by molar-refractivity contribution is 0.481. The Hall–Kier alpha value is -2.00. The number of hydrogen-bond acceptors (Lipinski definition) is 2. The Morgan fingerprint density at radius 2 is 1.62 bits per heavy atom. The standard InChI is InChI=1S/C17H19ClN2O/c1-17(2,3)11-4-6-12(7-5-11)21-13-8-9-14(16(19)20)15(18)10-13/h4-10H,1-3H3,(H3,19,20). The molecule has 0 unspecified atom stereocenters. The number of hydrogen-bond donors (Lipinski definition) is 2. The van der Waals surface area contributed by atoms with Crippen LogP contribution in [0.15, 0.2) is 42.5 Å². The molecule has 2 aromatic rings. The lowest BCUT2D eigenvalue weighted by Gasteiger charge is -2.19. The van der Waals surface area contributed by atoms with Gasteiger partial charge in [0, 0.05) is 11.6 Å². The average Bonchev–Trinajstić information content (AvgIpc) is 2.38. The Labute approximate surface area is 130 Å². The Bertz CT molecular complexity index is 657. The van der Waals surface area contributed by atoms with Crippen LogP contribution in [0.2, 0.25) is 5.02 Å². The predicted octanol–water partition coefficient (Wildman–Crippen LogP) is 4.71. The SMILES string of the molecule is CC(C)(C)c1ccc(Oc2ccc(C(=N)N)c(Cl)c2)cc1. The molecule has 0 atom stereocenters. The first-order valence-corrected chi connectivity index (χ1v) is 7.07. The van der Waals surface area contributed by atoms with Gasteiger partial charge < -0.3 is 10.5 Å². The van der Waals surface area contributed by atoms with Crippen LogP contribution in [0.25, 0.3) is 0 Å². The highest BCUT2D eigenvalue weighted by Crippen LogP contribution is 2.29. The first-order chi connectivity index (χ1) is 9.77. The highest BCUT2D eigenvalue weighted by molar-refractivity contribution is 6.34. The maximum Gasteiger partial charge on any atom is 0.128 e. The van der Waals surface area contributed by atoms with Crippen LogP contribution in [-0.2, 0) is 5.41 Å². The number of halogens is 1. The summed E-state index contributed by atoms with van der Waals surface area (Å²) in [6.07, 6.45) is 0. The Morgan fingerprint density at radius 3 is 2.10 bits per heavy atom. The summed E-state index contributed by atoms with van der Waals surface area (Å²) in [4.78, 5) is 0. The molecule has 2 aromatic carbocycles. The minimum atomic E-state index is -0.0546. The van der Waals surface area contributed by atoms with Crippen LogP contribution in [0.1, 0.15) is 31.9 Å². The second-order valence-corrected chi connectivity index (χ2v) is 6.34. The highest BCUT2D eigenvalue weighted by Gasteiger charge is 2.13. The normalized spacial score (nSPS) is 11.2. The Kier molecular flexibility index (Phi) is 4.24. The molecular weight excluding hydrogens is 284 g/mol. The largest absolute Gasteiger partial charge is 0.457 e. The molecule has 0 radical (unpaired) electrons. The van der Waals surface area contributed by atoms with Crippen LogP contribution < -0.4 is 10.5 Å². The summed E-state index contributed by atoms with van der Waals surface area (Å²) < 4.78 is 5.77. The van der Waals surface area contributed by atoms with E-state index in [1.165, 1.54) is 5.56 Å². The van der Waals surface area contributed by atoms with Gasteiger partial charge in [-0.1, -0.05) is 44.5 Å². The third-order valence-electron chi connectivity index (χ3n) is 3.19. The molecule has 0 bridgehead atoms. The van der Waals surface area contributed by atoms with Crippen LogP contribution in [0.5, 0.6) is 11.5 Å². The predicted molar refractivity (Wildman–Crippen MR) is 87.7 cm³/mol. The molecule has 0 aliphatic rings. The molecule has 0 aliphatic carbocycles. The van der Waals surface area contributed by atoms with E-state index in [1.807, 2.05) is 12.1 Å². The van der Waals surface area contributed by atoms with Crippen LogP contribution >= 0.6 is 11.6 Å². The topological polar surface area (TPSA) is 59.1 Å². The van der Waals surface area contributed by atoms with E-state index in [1.54, 1.807) is 18.2 Å². The van der Waals surface area contributed by atoms with Gasteiger partial charge in [-0.15, -0.1) is 0 Å². The minimum Gasteiger partial charge on any atom is -0.457 e. The van der Waals surface area contributed by atoms with Crippen molar-refractivity contribution in [3.05, 3.63) is 58.6 Å². The van der Waals surface area contributed by atoms with E-state index in [0.717, 1.165) is 5.75 Å². The van der Waals surface area contributed by atoms with Crippen molar-refractivity contribution in [3.8, 4) is 11.5 Å². The first kappa shape index (κ1) is 15.4. The van der Waals surface area contributed by atoms with Crippen molar-refractivity contribution in [2.45, 2.75) is 26.2 Å². The smallest absolute Gasteiger partial charge is 0.128 e. The molecule has 4 heteroatoms. The number of rotatable bonds is 3. The van der Waals surface area contributed by atoms with Gasteiger partial charge in [0.05, 0.1) is 5.02 Å². The molecule has 21 heavy (non-hydrogen) atoms. The first-order valence-electron chi connectivity index (χ1n) is 6.70. The molecule has 2 rings (SSSR count). The monoisotopic (exact) mass is 302 g/mol. The molecule has 3 nitrogen and oxygen atoms in total. The van der Waals surface area contributed by atoms with E-state index in [4.69, 9.17) is 27.5 Å². The van der Waals surface area contributed by atoms with E-state index < -0.39 is 0 Å². The summed E-state index contributed by atoms with van der Waals surface area (Å²) in [5.41, 5.74) is 7.31. The van der Waals surface area contributed by atoms with Crippen LogP contribution in [0.4, 0.5) is 0 Å². The quantitative estimate of drug-likeness (QED) is 0.637. The average molecular weight is 303 g/mol. The maximum atomic E-state index is 7.40. The summed E-state index contributed by atoms with van der Waals surface area (Å²) in [6, 6.07) is 13.1. The van der Waals surface area contributed by atoms with E-state index >= 15 is 0 Å². The second-order valence-electron chi connectivity index (χ2n) is 5.93. The van der Waals surface area contributed by atoms with E-state index in [9.17, 15) is 0 Å². The Morgan fingerprint density at radius 1 is 1.05 bits per heavy atom. The van der Waals surface area contributed by atoms with Gasteiger partial charge in [-0.3, -0.25) is 5.41 Å². The molecule has 0 heterocycles. The van der Waals surface area contributed by atoms with Crippen molar-refractivity contribution in [1.29, 1.82) is 5.41 Å². The fourth-order valence-electron chi connectivity index (χ4n) is 1.94. The van der Waals surface area contributed by atoms with Crippen LogP contribution in [0, 0.1) is 5.41 Å². The summed E-state index contributed by atoms with van der Waals surface area (Å²) in [6.45, 7) is 6.51. The highest BCUT2D eigenvalue weighted by atomic mass is 35.5. The van der Waals surface area contributed by atoms with E-state index in [-0.39, 0.29) is 11.3 Å². The second kappa shape index (κ2) is 5.78. The van der Waals surface area contributed by atoms with Crippen LogP contribution in [-0.4, -0.2) is 5.84 Å². The number of amidine groups is 1. The van der Waals surface area contributed by atoms with Crippen molar-refractivity contribution >= 4 is 17.4 Å². The molecule has 0 saturated carbocycles. The summed E-state index contributed by atoms with van der Waals surface area (Å²) in [7, 11) is 0. The van der Waals surface area contributed by atoms with Gasteiger partial charge in [-0.05, 0) is 35.2 Å². The number of nitrogens with two attached hydrogens (primary N) is 1. The maximum absolute atomic E-state index is 7.40. The number of nitrogen functional groups attached to an aromatic ring is 1. The number of ether oxygens (including phenoxy) is 1. The molecule has 3 N–H and O–H groups in total.